The van der Waals surface area contributed by atoms with E-state index in [0.717, 1.165) is 12.8 Å². The van der Waals surface area contributed by atoms with E-state index in [0.29, 0.717) is 28.0 Å². The van der Waals surface area contributed by atoms with Crippen LogP contribution in [0.2, 0.25) is 0 Å². The molecular weight excluding hydrogens is 554 g/mol. The van der Waals surface area contributed by atoms with Crippen molar-refractivity contribution >= 4 is 27.7 Å². The van der Waals surface area contributed by atoms with E-state index in [1.54, 1.807) is 36.4 Å². The molecule has 4 heterocycles. The highest BCUT2D eigenvalue weighted by Crippen LogP contribution is 2.35. The van der Waals surface area contributed by atoms with Gasteiger partial charge in [-0.3, -0.25) is 14.4 Å². The molecule has 3 aliphatic heterocycles. The zero-order valence-corrected chi connectivity index (χ0v) is 22.7. The number of amides is 3. The Kier molecular flexibility index (Phi) is 7.14. The largest absolute Gasteiger partial charge is 0.467 e. The van der Waals surface area contributed by atoms with Crippen LogP contribution >= 0.6 is 0 Å². The Bertz CT molecular complexity index is 1580. The van der Waals surface area contributed by atoms with Crippen molar-refractivity contribution in [2.24, 2.45) is 0 Å². The van der Waals surface area contributed by atoms with Crippen molar-refractivity contribution in [1.82, 2.24) is 14.5 Å². The average Bonchev–Trinajstić information content (AvgIpc) is 3.78. The van der Waals surface area contributed by atoms with Gasteiger partial charge in [-0.05, 0) is 54.8 Å². The Morgan fingerprint density at radius 3 is 2.66 bits per heavy atom. The molecule has 3 aromatic rings. The zero-order valence-electron chi connectivity index (χ0n) is 21.9. The van der Waals surface area contributed by atoms with E-state index in [1.807, 2.05) is 0 Å². The summed E-state index contributed by atoms with van der Waals surface area (Å²) in [5.41, 5.74) is 0.574. The van der Waals surface area contributed by atoms with Gasteiger partial charge >= 0.3 is 0 Å². The first-order chi connectivity index (χ1) is 19.8. The van der Waals surface area contributed by atoms with Crippen LogP contribution in [0, 0.1) is 0 Å². The highest BCUT2D eigenvalue weighted by molar-refractivity contribution is 7.90. The SMILES string of the molecule is O=C(NC[C@H]1CCCO1)[C@H](c1ccco1)N(Cc1ccc2c(c1)OCO2)C(=O)CN1C(=O)c2ccccc2S1(=O)=O. The molecule has 41 heavy (non-hydrogen) atoms. The molecule has 0 spiro atoms. The van der Waals surface area contributed by atoms with Gasteiger partial charge in [0.15, 0.2) is 17.5 Å². The molecule has 0 bridgehead atoms. The molecule has 1 aromatic heterocycles. The molecule has 0 radical (unpaired) electrons. The monoisotopic (exact) mass is 581 g/mol. The summed E-state index contributed by atoms with van der Waals surface area (Å²) < 4.78 is 49.0. The number of benzene rings is 2. The number of carbonyl (C=O) groups excluding carboxylic acids is 3. The van der Waals surface area contributed by atoms with Gasteiger partial charge in [0.25, 0.3) is 21.8 Å². The van der Waals surface area contributed by atoms with Crippen molar-refractivity contribution < 1.29 is 41.4 Å². The number of furan rings is 1. The first kappa shape index (κ1) is 26.8. The van der Waals surface area contributed by atoms with E-state index in [4.69, 9.17) is 18.6 Å². The summed E-state index contributed by atoms with van der Waals surface area (Å²) in [6.45, 7) is -0.0363. The van der Waals surface area contributed by atoms with E-state index >= 15 is 0 Å². The standard InChI is InChI=1S/C28H27N3O9S/c32-25(16-31-28(34)20-6-1-2-8-24(20)41(31,35)36)30(15-18-9-10-21-23(13-18)40-17-39-21)26(22-7-4-12-38-22)27(33)29-14-19-5-3-11-37-19/h1-2,4,6-10,12-13,19,26H,3,5,11,14-17H2,(H,29,33)/t19-,26+/m1/s1. The minimum Gasteiger partial charge on any atom is -0.467 e. The molecule has 13 heteroatoms. The first-order valence-electron chi connectivity index (χ1n) is 13.1. The van der Waals surface area contributed by atoms with Crippen LogP contribution < -0.4 is 14.8 Å². The normalized spacial score (nSPS) is 19.2. The number of ether oxygens (including phenoxy) is 3. The van der Waals surface area contributed by atoms with E-state index in [1.165, 1.54) is 29.4 Å². The van der Waals surface area contributed by atoms with Gasteiger partial charge in [0.05, 0.1) is 17.9 Å². The fourth-order valence-electron chi connectivity index (χ4n) is 5.15. The lowest BCUT2D eigenvalue weighted by atomic mass is 10.1. The number of hydrogen-bond donors (Lipinski definition) is 1. The lowest BCUT2D eigenvalue weighted by molar-refractivity contribution is -0.142. The molecule has 2 aromatic carbocycles. The number of hydrogen-bond acceptors (Lipinski definition) is 9. The number of sulfonamides is 1. The van der Waals surface area contributed by atoms with Gasteiger partial charge in [-0.2, -0.15) is 0 Å². The van der Waals surface area contributed by atoms with Crippen molar-refractivity contribution in [3.63, 3.8) is 0 Å². The van der Waals surface area contributed by atoms with E-state index < -0.39 is 40.3 Å². The van der Waals surface area contributed by atoms with Crippen molar-refractivity contribution in [3.8, 4) is 11.5 Å². The molecule has 1 N–H and O–H groups in total. The van der Waals surface area contributed by atoms with Gasteiger partial charge in [0.1, 0.15) is 17.2 Å². The van der Waals surface area contributed by atoms with Crippen LogP contribution in [0.3, 0.4) is 0 Å². The van der Waals surface area contributed by atoms with Crippen LogP contribution in [0.5, 0.6) is 11.5 Å². The third kappa shape index (κ3) is 5.13. The molecule has 0 unspecified atom stereocenters. The minimum atomic E-state index is -4.27. The second-order valence-corrected chi connectivity index (χ2v) is 11.7. The molecule has 2 atom stereocenters. The number of nitrogens with one attached hydrogen (secondary N) is 1. The third-order valence-corrected chi connectivity index (χ3v) is 8.99. The lowest BCUT2D eigenvalue weighted by Crippen LogP contribution is -2.48. The highest BCUT2D eigenvalue weighted by atomic mass is 32.2. The Morgan fingerprint density at radius 2 is 1.90 bits per heavy atom. The van der Waals surface area contributed by atoms with Crippen LogP contribution in [0.4, 0.5) is 0 Å². The lowest BCUT2D eigenvalue weighted by Gasteiger charge is -2.31. The predicted octanol–water partition coefficient (Wildman–Crippen LogP) is 2.22. The Hall–Kier alpha value is -4.36. The molecule has 3 amide bonds. The van der Waals surface area contributed by atoms with Gasteiger partial charge in [0, 0.05) is 19.7 Å². The van der Waals surface area contributed by atoms with Gasteiger partial charge in [-0.25, -0.2) is 12.7 Å². The van der Waals surface area contributed by atoms with Crippen LogP contribution in [0.25, 0.3) is 0 Å². The molecule has 1 fully saturated rings. The molecule has 0 aliphatic carbocycles. The fourth-order valence-corrected chi connectivity index (χ4v) is 6.67. The smallest absolute Gasteiger partial charge is 0.269 e. The number of rotatable bonds is 9. The second kappa shape index (κ2) is 10.9. The van der Waals surface area contributed by atoms with Crippen LogP contribution in [0.1, 0.15) is 40.6 Å². The topological polar surface area (TPSA) is 145 Å². The quantitative estimate of drug-likeness (QED) is 0.402. The Labute approximate surface area is 235 Å². The van der Waals surface area contributed by atoms with Crippen LogP contribution in [-0.4, -0.2) is 67.9 Å². The maximum atomic E-state index is 14.0. The van der Waals surface area contributed by atoms with Crippen molar-refractivity contribution in [1.29, 1.82) is 0 Å². The minimum absolute atomic E-state index is 0.0143. The number of nitrogens with zero attached hydrogens (tertiary/aromatic N) is 2. The average molecular weight is 582 g/mol. The maximum absolute atomic E-state index is 14.0. The fraction of sp³-hybridized carbons (Fsp3) is 0.321. The van der Waals surface area contributed by atoms with Gasteiger partial charge < -0.3 is 28.8 Å². The summed E-state index contributed by atoms with van der Waals surface area (Å²) in [6.07, 6.45) is 2.91. The summed E-state index contributed by atoms with van der Waals surface area (Å²) in [7, 11) is -4.27. The van der Waals surface area contributed by atoms with Gasteiger partial charge in [0.2, 0.25) is 12.7 Å². The van der Waals surface area contributed by atoms with Crippen molar-refractivity contribution in [3.05, 3.63) is 77.7 Å². The van der Waals surface area contributed by atoms with Crippen molar-refractivity contribution in [2.45, 2.75) is 36.4 Å². The molecule has 12 nitrogen and oxygen atoms in total. The Morgan fingerprint density at radius 1 is 1.07 bits per heavy atom. The molecular formula is C28H27N3O9S. The van der Waals surface area contributed by atoms with Gasteiger partial charge in [-0.15, -0.1) is 0 Å². The number of carbonyl (C=O) groups is 3. The summed E-state index contributed by atoms with van der Waals surface area (Å²) in [4.78, 5) is 41.8. The molecule has 214 valence electrons. The third-order valence-electron chi connectivity index (χ3n) is 7.20. The van der Waals surface area contributed by atoms with Crippen LogP contribution in [-0.2, 0) is 30.9 Å². The highest BCUT2D eigenvalue weighted by Gasteiger charge is 2.44. The maximum Gasteiger partial charge on any atom is 0.269 e. The van der Waals surface area contributed by atoms with E-state index in [2.05, 4.69) is 5.32 Å². The van der Waals surface area contributed by atoms with E-state index in [9.17, 15) is 22.8 Å². The summed E-state index contributed by atoms with van der Waals surface area (Å²) in [6, 6.07) is 12.7. The Balaban J connectivity index is 1.33. The summed E-state index contributed by atoms with van der Waals surface area (Å²) in [5, 5.41) is 2.85. The van der Waals surface area contributed by atoms with E-state index in [-0.39, 0.29) is 42.2 Å². The predicted molar refractivity (Wildman–Crippen MR) is 141 cm³/mol. The van der Waals surface area contributed by atoms with Gasteiger partial charge in [-0.1, -0.05) is 18.2 Å². The second-order valence-electron chi connectivity index (χ2n) is 9.82. The zero-order chi connectivity index (χ0) is 28.6. The summed E-state index contributed by atoms with van der Waals surface area (Å²) in [5.74, 6) is -0.947. The number of fused-ring (bicyclic) bond motifs is 2. The first-order valence-corrected chi connectivity index (χ1v) is 14.5. The molecule has 0 saturated carbocycles. The molecule has 1 saturated heterocycles. The van der Waals surface area contributed by atoms with Crippen LogP contribution in [0.15, 0.2) is 70.2 Å². The molecule has 6 rings (SSSR count). The van der Waals surface area contributed by atoms with Crippen molar-refractivity contribution in [2.75, 3.05) is 26.5 Å². The summed E-state index contributed by atoms with van der Waals surface area (Å²) >= 11 is 0. The molecule has 3 aliphatic rings.